The van der Waals surface area contributed by atoms with Gasteiger partial charge in [0.15, 0.2) is 0 Å². The van der Waals surface area contributed by atoms with Gasteiger partial charge in [0, 0.05) is 18.0 Å². The van der Waals surface area contributed by atoms with Gasteiger partial charge in [-0.15, -0.1) is 0 Å². The average molecular weight is 452 g/mol. The van der Waals surface area contributed by atoms with Crippen molar-refractivity contribution in [1.29, 1.82) is 5.26 Å². The summed E-state index contributed by atoms with van der Waals surface area (Å²) in [5, 5.41) is 9.59. The second-order valence-corrected chi connectivity index (χ2v) is 9.59. The summed E-state index contributed by atoms with van der Waals surface area (Å²) < 4.78 is 0. The molecule has 166 valence electrons. The third-order valence-corrected chi connectivity index (χ3v) is 5.52. The first-order chi connectivity index (χ1) is 15.1. The molecule has 1 saturated heterocycles. The Morgan fingerprint density at radius 2 is 1.88 bits per heavy atom. The van der Waals surface area contributed by atoms with Crippen LogP contribution in [-0.2, 0) is 20.8 Å². The molecule has 32 heavy (non-hydrogen) atoms. The van der Waals surface area contributed by atoms with Crippen LogP contribution in [0.4, 0.5) is 5.69 Å². The van der Waals surface area contributed by atoms with Crippen molar-refractivity contribution in [2.75, 3.05) is 11.4 Å². The summed E-state index contributed by atoms with van der Waals surface area (Å²) in [5.41, 5.74) is 1.53. The van der Waals surface area contributed by atoms with Gasteiger partial charge in [0.25, 0.3) is 5.91 Å². The molecule has 6 nitrogen and oxygen atoms in total. The summed E-state index contributed by atoms with van der Waals surface area (Å²) >= 11 is 6.08. The number of benzene rings is 2. The first-order valence-corrected chi connectivity index (χ1v) is 10.9. The molecule has 2 aromatic carbocycles. The van der Waals surface area contributed by atoms with Crippen molar-refractivity contribution in [3.05, 3.63) is 64.7 Å². The first-order valence-electron chi connectivity index (χ1n) is 10.5. The maximum absolute atomic E-state index is 13.3. The molecule has 1 heterocycles. The van der Waals surface area contributed by atoms with Gasteiger partial charge >= 0.3 is 0 Å². The number of rotatable bonds is 6. The van der Waals surface area contributed by atoms with E-state index in [0.29, 0.717) is 29.2 Å². The van der Waals surface area contributed by atoms with E-state index in [4.69, 9.17) is 16.9 Å². The lowest BCUT2D eigenvalue weighted by Gasteiger charge is -2.30. The molecule has 1 atom stereocenters. The molecule has 3 rings (SSSR count). The second kappa shape index (κ2) is 9.54. The van der Waals surface area contributed by atoms with Crippen LogP contribution in [0.15, 0.2) is 48.5 Å². The zero-order valence-corrected chi connectivity index (χ0v) is 19.2. The fraction of sp³-hybridized carbons (Fsp3) is 0.360. The number of imide groups is 1. The molecular formula is C25H26ClN3O3. The zero-order valence-electron chi connectivity index (χ0n) is 18.5. The lowest BCUT2D eigenvalue weighted by atomic mass is 9.91. The number of nitriles is 1. The summed E-state index contributed by atoms with van der Waals surface area (Å²) in [6.45, 7) is 6.19. The number of nitrogens with zero attached hydrogens (tertiary/aromatic N) is 3. The number of hydrogen-bond donors (Lipinski definition) is 0. The van der Waals surface area contributed by atoms with E-state index in [0.717, 1.165) is 10.5 Å². The van der Waals surface area contributed by atoms with Crippen molar-refractivity contribution in [2.24, 2.45) is 5.41 Å². The number of carbonyl (C=O) groups excluding carboxylic acids is 3. The Kier molecular flexibility index (Phi) is 7.00. The molecule has 0 spiro atoms. The van der Waals surface area contributed by atoms with Crippen molar-refractivity contribution in [3.8, 4) is 6.07 Å². The second-order valence-electron chi connectivity index (χ2n) is 9.15. The Balaban J connectivity index is 1.85. The van der Waals surface area contributed by atoms with Crippen LogP contribution in [0.5, 0.6) is 0 Å². The lowest BCUT2D eigenvalue weighted by Crippen LogP contribution is -2.47. The zero-order chi connectivity index (χ0) is 23.5. The fourth-order valence-electron chi connectivity index (χ4n) is 3.77. The van der Waals surface area contributed by atoms with Crippen LogP contribution >= 0.6 is 11.6 Å². The first kappa shape index (κ1) is 23.5. The number of amides is 3. The van der Waals surface area contributed by atoms with E-state index in [1.807, 2.05) is 45.0 Å². The van der Waals surface area contributed by atoms with E-state index in [-0.39, 0.29) is 30.1 Å². The highest BCUT2D eigenvalue weighted by molar-refractivity contribution is 6.30. The van der Waals surface area contributed by atoms with E-state index in [9.17, 15) is 14.4 Å². The van der Waals surface area contributed by atoms with Crippen molar-refractivity contribution in [2.45, 2.75) is 46.1 Å². The van der Waals surface area contributed by atoms with E-state index < -0.39 is 11.9 Å². The van der Waals surface area contributed by atoms with E-state index in [1.54, 1.807) is 30.3 Å². The van der Waals surface area contributed by atoms with Crippen LogP contribution in [0.2, 0.25) is 5.02 Å². The van der Waals surface area contributed by atoms with Crippen molar-refractivity contribution >= 4 is 35.0 Å². The summed E-state index contributed by atoms with van der Waals surface area (Å²) in [6.07, 6.45) is 0.715. The molecule has 0 N–H and O–H groups in total. The maximum Gasteiger partial charge on any atom is 0.257 e. The summed E-state index contributed by atoms with van der Waals surface area (Å²) in [7, 11) is 0. The Morgan fingerprint density at radius 3 is 2.47 bits per heavy atom. The molecule has 0 aromatic heterocycles. The maximum atomic E-state index is 13.3. The molecule has 1 aliphatic heterocycles. The van der Waals surface area contributed by atoms with Crippen LogP contribution in [0.3, 0.4) is 0 Å². The molecule has 0 radical (unpaired) electrons. The van der Waals surface area contributed by atoms with Crippen molar-refractivity contribution < 1.29 is 14.4 Å². The van der Waals surface area contributed by atoms with Crippen molar-refractivity contribution in [3.63, 3.8) is 0 Å². The number of hydrogen-bond acceptors (Lipinski definition) is 4. The third kappa shape index (κ3) is 5.54. The summed E-state index contributed by atoms with van der Waals surface area (Å²) in [6, 6.07) is 14.8. The summed E-state index contributed by atoms with van der Waals surface area (Å²) in [5.74, 6) is -0.943. The predicted octanol–water partition coefficient (Wildman–Crippen LogP) is 4.35. The Bertz CT molecular complexity index is 1070. The van der Waals surface area contributed by atoms with Crippen LogP contribution in [-0.4, -0.2) is 35.2 Å². The topological polar surface area (TPSA) is 81.5 Å². The number of anilines is 1. The van der Waals surface area contributed by atoms with Gasteiger partial charge in [-0.1, -0.05) is 44.5 Å². The SMILES string of the molecule is CC(C)(C)CC(=O)N(CCc1cccc(Cl)c1)C1CC(=O)N(c2ccc(C#N)cc2)C1=O. The molecule has 0 bridgehead atoms. The van der Waals surface area contributed by atoms with Gasteiger partial charge in [0.1, 0.15) is 6.04 Å². The minimum Gasteiger partial charge on any atom is -0.330 e. The quantitative estimate of drug-likeness (QED) is 0.611. The molecule has 1 aliphatic rings. The highest BCUT2D eigenvalue weighted by Crippen LogP contribution is 2.28. The van der Waals surface area contributed by atoms with E-state index >= 15 is 0 Å². The van der Waals surface area contributed by atoms with Gasteiger partial charge in [0.05, 0.1) is 23.7 Å². The van der Waals surface area contributed by atoms with E-state index in [2.05, 4.69) is 0 Å². The van der Waals surface area contributed by atoms with Gasteiger partial charge < -0.3 is 4.90 Å². The van der Waals surface area contributed by atoms with Crippen LogP contribution in [0.25, 0.3) is 0 Å². The van der Waals surface area contributed by atoms with Crippen LogP contribution in [0.1, 0.15) is 44.7 Å². The molecule has 1 unspecified atom stereocenters. The Hall–Kier alpha value is -3.17. The van der Waals surface area contributed by atoms with Crippen LogP contribution < -0.4 is 4.90 Å². The molecule has 0 aliphatic carbocycles. The highest BCUT2D eigenvalue weighted by Gasteiger charge is 2.44. The Labute approximate surface area is 193 Å². The molecule has 1 fully saturated rings. The number of carbonyl (C=O) groups is 3. The normalized spacial score (nSPS) is 16.2. The number of halogens is 1. The minimum absolute atomic E-state index is 0.0652. The smallest absolute Gasteiger partial charge is 0.257 e. The van der Waals surface area contributed by atoms with Gasteiger partial charge in [-0.2, -0.15) is 5.26 Å². The summed E-state index contributed by atoms with van der Waals surface area (Å²) in [4.78, 5) is 41.9. The van der Waals surface area contributed by atoms with Crippen molar-refractivity contribution in [1.82, 2.24) is 4.90 Å². The third-order valence-electron chi connectivity index (χ3n) is 5.29. The molecular weight excluding hydrogens is 426 g/mol. The van der Waals surface area contributed by atoms with Gasteiger partial charge in [-0.25, -0.2) is 4.90 Å². The highest BCUT2D eigenvalue weighted by atomic mass is 35.5. The standard InChI is InChI=1S/C25H26ClN3O3/c1-25(2,3)15-23(31)28(12-11-17-5-4-6-19(26)13-17)21-14-22(30)29(24(21)32)20-9-7-18(16-27)8-10-20/h4-10,13,21H,11-12,14-15H2,1-3H3. The van der Waals surface area contributed by atoms with Gasteiger partial charge in [-0.3, -0.25) is 14.4 Å². The monoisotopic (exact) mass is 451 g/mol. The molecule has 2 aromatic rings. The largest absolute Gasteiger partial charge is 0.330 e. The van der Waals surface area contributed by atoms with Gasteiger partial charge in [-0.05, 0) is 53.8 Å². The molecule has 3 amide bonds. The fourth-order valence-corrected chi connectivity index (χ4v) is 3.98. The predicted molar refractivity (Wildman–Crippen MR) is 123 cm³/mol. The van der Waals surface area contributed by atoms with Gasteiger partial charge in [0.2, 0.25) is 11.8 Å². The molecule has 0 saturated carbocycles. The van der Waals surface area contributed by atoms with Crippen LogP contribution in [0, 0.1) is 16.7 Å². The minimum atomic E-state index is -0.854. The molecule has 7 heteroatoms. The van der Waals surface area contributed by atoms with E-state index in [1.165, 1.54) is 4.90 Å². The Morgan fingerprint density at radius 1 is 1.19 bits per heavy atom. The average Bonchev–Trinajstić information content (AvgIpc) is 3.01. The lowest BCUT2D eigenvalue weighted by molar-refractivity contribution is -0.139.